The van der Waals surface area contributed by atoms with Gasteiger partial charge in [0.25, 0.3) is 0 Å². The van der Waals surface area contributed by atoms with Gasteiger partial charge in [-0.2, -0.15) is 0 Å². The van der Waals surface area contributed by atoms with Gasteiger partial charge in [0.15, 0.2) is 0 Å². The third-order valence-corrected chi connectivity index (χ3v) is 3.75. The number of nitrogens with one attached hydrogen (secondary N) is 1. The summed E-state index contributed by atoms with van der Waals surface area (Å²) >= 11 is 0. The van der Waals surface area contributed by atoms with Crippen molar-refractivity contribution in [2.45, 2.75) is 39.0 Å². The molecule has 0 radical (unpaired) electrons. The van der Waals surface area contributed by atoms with Crippen molar-refractivity contribution < 1.29 is 4.74 Å². The number of likely N-dealkylation sites (N-methyl/N-ethyl adjacent to an activating group) is 2. The number of morpholine rings is 1. The lowest BCUT2D eigenvalue weighted by Gasteiger charge is -2.39. The van der Waals surface area contributed by atoms with Crippen LogP contribution in [0.4, 0.5) is 0 Å². The van der Waals surface area contributed by atoms with Crippen molar-refractivity contribution in [2.24, 2.45) is 0 Å². The maximum absolute atomic E-state index is 5.98. The van der Waals surface area contributed by atoms with Crippen molar-refractivity contribution in [3.8, 4) is 0 Å². The van der Waals surface area contributed by atoms with Crippen LogP contribution in [0.3, 0.4) is 0 Å². The summed E-state index contributed by atoms with van der Waals surface area (Å²) in [6.45, 7) is 10.1. The molecule has 108 valence electrons. The predicted octanol–water partition coefficient (Wildman–Crippen LogP) is 1.45. The highest BCUT2D eigenvalue weighted by Gasteiger charge is 2.33. The second kappa shape index (κ2) is 6.50. The molecule has 5 heteroatoms. The van der Waals surface area contributed by atoms with E-state index in [0.717, 1.165) is 26.2 Å². The van der Waals surface area contributed by atoms with Gasteiger partial charge in [0, 0.05) is 25.3 Å². The molecular formula is C14H26N4O. The fourth-order valence-electron chi connectivity index (χ4n) is 2.71. The van der Waals surface area contributed by atoms with Gasteiger partial charge in [0.2, 0.25) is 0 Å². The molecule has 1 aliphatic heterocycles. The average Bonchev–Trinajstić information content (AvgIpc) is 2.85. The Morgan fingerprint density at radius 3 is 3.00 bits per heavy atom. The Morgan fingerprint density at radius 2 is 2.32 bits per heavy atom. The zero-order valence-corrected chi connectivity index (χ0v) is 12.5. The molecule has 0 amide bonds. The summed E-state index contributed by atoms with van der Waals surface area (Å²) in [6, 6.07) is 0.699. The second-order valence-corrected chi connectivity index (χ2v) is 5.46. The first-order chi connectivity index (χ1) is 9.15. The number of rotatable bonds is 5. The first kappa shape index (κ1) is 14.5. The molecule has 0 saturated carbocycles. The van der Waals surface area contributed by atoms with Crippen molar-refractivity contribution in [3.05, 3.63) is 18.2 Å². The van der Waals surface area contributed by atoms with E-state index in [0.29, 0.717) is 6.04 Å². The molecule has 1 aliphatic rings. The number of aromatic nitrogens is 2. The van der Waals surface area contributed by atoms with Gasteiger partial charge in [-0.15, -0.1) is 0 Å². The summed E-state index contributed by atoms with van der Waals surface area (Å²) in [7, 11) is 2.17. The van der Waals surface area contributed by atoms with Gasteiger partial charge in [-0.05, 0) is 27.4 Å². The highest BCUT2D eigenvalue weighted by Crippen LogP contribution is 2.29. The lowest BCUT2D eigenvalue weighted by Crippen LogP contribution is -2.48. The monoisotopic (exact) mass is 266 g/mol. The quantitative estimate of drug-likeness (QED) is 0.876. The molecule has 1 fully saturated rings. The SMILES string of the molecule is CCNCC1OCCN(C)C1c1cncn1C(C)C. The van der Waals surface area contributed by atoms with Crippen molar-refractivity contribution >= 4 is 0 Å². The Bertz CT molecular complexity index is 391. The van der Waals surface area contributed by atoms with E-state index in [2.05, 4.69) is 47.6 Å². The number of nitrogens with zero attached hydrogens (tertiary/aromatic N) is 3. The Balaban J connectivity index is 2.23. The normalized spacial score (nSPS) is 25.1. The molecule has 0 aromatic carbocycles. The first-order valence-corrected chi connectivity index (χ1v) is 7.19. The highest BCUT2D eigenvalue weighted by molar-refractivity contribution is 5.10. The molecule has 2 unspecified atom stereocenters. The third kappa shape index (κ3) is 3.16. The van der Waals surface area contributed by atoms with Crippen LogP contribution in [0, 0.1) is 0 Å². The standard InChI is InChI=1S/C14H26N4O/c1-5-15-9-13-14(17(4)6-7-19-13)12-8-16-10-18(12)11(2)3/h8,10-11,13-15H,5-7,9H2,1-4H3. The minimum absolute atomic E-state index is 0.188. The van der Waals surface area contributed by atoms with Gasteiger partial charge in [-0.3, -0.25) is 4.90 Å². The van der Waals surface area contributed by atoms with Crippen LogP contribution < -0.4 is 5.32 Å². The largest absolute Gasteiger partial charge is 0.374 e. The van der Waals surface area contributed by atoms with Crippen LogP contribution in [0.5, 0.6) is 0 Å². The summed E-state index contributed by atoms with van der Waals surface area (Å²) < 4.78 is 8.22. The van der Waals surface area contributed by atoms with Gasteiger partial charge >= 0.3 is 0 Å². The number of imidazole rings is 1. The Morgan fingerprint density at radius 1 is 1.53 bits per heavy atom. The molecule has 0 bridgehead atoms. The van der Waals surface area contributed by atoms with E-state index in [-0.39, 0.29) is 12.1 Å². The van der Waals surface area contributed by atoms with Gasteiger partial charge in [-0.25, -0.2) is 4.98 Å². The van der Waals surface area contributed by atoms with Crippen LogP contribution in [0.2, 0.25) is 0 Å². The smallest absolute Gasteiger partial charge is 0.0951 e. The molecule has 19 heavy (non-hydrogen) atoms. The summed E-state index contributed by atoms with van der Waals surface area (Å²) in [5, 5.41) is 3.40. The zero-order chi connectivity index (χ0) is 13.8. The lowest BCUT2D eigenvalue weighted by molar-refractivity contribution is -0.0637. The van der Waals surface area contributed by atoms with Gasteiger partial charge in [0.1, 0.15) is 0 Å². The van der Waals surface area contributed by atoms with Crippen molar-refractivity contribution in [1.82, 2.24) is 19.8 Å². The van der Waals surface area contributed by atoms with E-state index in [1.807, 2.05) is 12.5 Å². The van der Waals surface area contributed by atoms with Crippen molar-refractivity contribution in [3.63, 3.8) is 0 Å². The van der Waals surface area contributed by atoms with E-state index in [9.17, 15) is 0 Å². The Hall–Kier alpha value is -0.910. The number of ether oxygens (including phenoxy) is 1. The molecule has 2 atom stereocenters. The van der Waals surface area contributed by atoms with Gasteiger partial charge < -0.3 is 14.6 Å². The number of hydrogen-bond donors (Lipinski definition) is 1. The molecule has 0 aliphatic carbocycles. The Kier molecular flexibility index (Phi) is 4.96. The molecular weight excluding hydrogens is 240 g/mol. The topological polar surface area (TPSA) is 42.3 Å². The molecule has 2 rings (SSSR count). The van der Waals surface area contributed by atoms with Crippen LogP contribution in [0.1, 0.15) is 38.5 Å². The molecule has 1 aromatic heterocycles. The molecule has 1 aromatic rings. The summed E-state index contributed by atoms with van der Waals surface area (Å²) in [6.07, 6.45) is 4.09. The van der Waals surface area contributed by atoms with Crippen LogP contribution in [-0.4, -0.2) is 53.8 Å². The minimum atomic E-state index is 0.188. The van der Waals surface area contributed by atoms with Crippen LogP contribution in [0.15, 0.2) is 12.5 Å². The van der Waals surface area contributed by atoms with E-state index in [4.69, 9.17) is 4.74 Å². The maximum Gasteiger partial charge on any atom is 0.0951 e. The maximum atomic E-state index is 5.98. The minimum Gasteiger partial charge on any atom is -0.374 e. The predicted molar refractivity (Wildman–Crippen MR) is 76.3 cm³/mol. The molecule has 1 N–H and O–H groups in total. The molecule has 2 heterocycles. The van der Waals surface area contributed by atoms with Gasteiger partial charge in [0.05, 0.1) is 30.8 Å². The fraction of sp³-hybridized carbons (Fsp3) is 0.786. The van der Waals surface area contributed by atoms with Crippen molar-refractivity contribution in [2.75, 3.05) is 33.3 Å². The van der Waals surface area contributed by atoms with E-state index in [1.165, 1.54) is 5.69 Å². The van der Waals surface area contributed by atoms with E-state index in [1.54, 1.807) is 0 Å². The summed E-state index contributed by atoms with van der Waals surface area (Å²) in [5.41, 5.74) is 1.25. The van der Waals surface area contributed by atoms with Gasteiger partial charge in [-0.1, -0.05) is 6.92 Å². The Labute approximate surface area is 116 Å². The zero-order valence-electron chi connectivity index (χ0n) is 12.5. The van der Waals surface area contributed by atoms with E-state index < -0.39 is 0 Å². The third-order valence-electron chi connectivity index (χ3n) is 3.75. The molecule has 0 spiro atoms. The first-order valence-electron chi connectivity index (χ1n) is 7.19. The second-order valence-electron chi connectivity index (χ2n) is 5.46. The van der Waals surface area contributed by atoms with Crippen LogP contribution in [-0.2, 0) is 4.74 Å². The van der Waals surface area contributed by atoms with Crippen LogP contribution >= 0.6 is 0 Å². The van der Waals surface area contributed by atoms with Crippen molar-refractivity contribution in [1.29, 1.82) is 0 Å². The molecule has 5 nitrogen and oxygen atoms in total. The summed E-state index contributed by atoms with van der Waals surface area (Å²) in [5.74, 6) is 0. The average molecular weight is 266 g/mol. The highest BCUT2D eigenvalue weighted by atomic mass is 16.5. The van der Waals surface area contributed by atoms with E-state index >= 15 is 0 Å². The molecule has 1 saturated heterocycles. The number of hydrogen-bond acceptors (Lipinski definition) is 4. The summed E-state index contributed by atoms with van der Waals surface area (Å²) in [4.78, 5) is 6.70. The fourth-order valence-corrected chi connectivity index (χ4v) is 2.71. The van der Waals surface area contributed by atoms with Crippen LogP contribution in [0.25, 0.3) is 0 Å². The lowest BCUT2D eigenvalue weighted by atomic mass is 10.0.